The lowest BCUT2D eigenvalue weighted by atomic mass is 9.89. The van der Waals surface area contributed by atoms with Crippen LogP contribution in [-0.4, -0.2) is 35.6 Å². The van der Waals surface area contributed by atoms with Gasteiger partial charge in [-0.1, -0.05) is 18.5 Å². The Balaban J connectivity index is 1.58. The maximum Gasteiger partial charge on any atom is 0.254 e. The summed E-state index contributed by atoms with van der Waals surface area (Å²) in [6.45, 7) is 4.50. The monoisotopic (exact) mass is 454 g/mol. The maximum atomic E-state index is 15.7. The second-order valence-electron chi connectivity index (χ2n) is 8.48. The van der Waals surface area contributed by atoms with Gasteiger partial charge >= 0.3 is 0 Å². The van der Waals surface area contributed by atoms with Gasteiger partial charge in [0, 0.05) is 29.5 Å². The fourth-order valence-corrected chi connectivity index (χ4v) is 4.62. The van der Waals surface area contributed by atoms with E-state index in [1.165, 1.54) is 0 Å². The van der Waals surface area contributed by atoms with Crippen molar-refractivity contribution < 1.29 is 9.13 Å². The molecule has 0 bridgehead atoms. The van der Waals surface area contributed by atoms with Gasteiger partial charge in [-0.3, -0.25) is 0 Å². The molecular formula is C23H24ClFN6O. The largest absolute Gasteiger partial charge is 0.472 e. The molecule has 0 spiro atoms. The summed E-state index contributed by atoms with van der Waals surface area (Å²) in [4.78, 5) is 20.1. The van der Waals surface area contributed by atoms with E-state index in [2.05, 4.69) is 31.8 Å². The van der Waals surface area contributed by atoms with E-state index in [0.29, 0.717) is 34.4 Å². The van der Waals surface area contributed by atoms with E-state index in [9.17, 15) is 0 Å². The van der Waals surface area contributed by atoms with Crippen LogP contribution in [0.5, 0.6) is 5.88 Å². The fourth-order valence-electron chi connectivity index (χ4n) is 4.37. The topological polar surface area (TPSA) is 81.5 Å². The van der Waals surface area contributed by atoms with Crippen LogP contribution < -0.4 is 4.74 Å². The third-order valence-corrected chi connectivity index (χ3v) is 6.36. The molecule has 1 saturated carbocycles. The molecule has 0 radical (unpaired) electrons. The molecule has 0 atom stereocenters. The predicted octanol–water partition coefficient (Wildman–Crippen LogP) is 5.32. The van der Waals surface area contributed by atoms with E-state index in [1.54, 1.807) is 25.6 Å². The third-order valence-electron chi connectivity index (χ3n) is 6.07. The highest BCUT2D eigenvalue weighted by molar-refractivity contribution is 6.35. The number of H-pyrrole nitrogens is 1. The number of ether oxygens (including phenoxy) is 1. The van der Waals surface area contributed by atoms with Crippen LogP contribution in [0.1, 0.15) is 44.1 Å². The molecule has 1 fully saturated rings. The summed E-state index contributed by atoms with van der Waals surface area (Å²) in [5.41, 5.74) is 2.47. The number of fused-ring (bicyclic) bond motifs is 1. The zero-order chi connectivity index (χ0) is 22.2. The summed E-state index contributed by atoms with van der Waals surface area (Å²) in [6.07, 6.45) is 10.8. The molecule has 32 heavy (non-hydrogen) atoms. The quantitative estimate of drug-likeness (QED) is 0.412. The number of rotatable bonds is 5. The van der Waals surface area contributed by atoms with Crippen molar-refractivity contribution in [3.8, 4) is 17.1 Å². The lowest BCUT2D eigenvalue weighted by Gasteiger charge is -2.26. The molecule has 1 aliphatic carbocycles. The number of nitrogens with zero attached hydrogens (tertiary/aromatic N) is 5. The predicted molar refractivity (Wildman–Crippen MR) is 120 cm³/mol. The minimum atomic E-state index is -0.574. The molecule has 0 amide bonds. The molecule has 4 aromatic rings. The van der Waals surface area contributed by atoms with Crippen LogP contribution >= 0.6 is 11.6 Å². The number of hydrogen-bond acceptors (Lipinski definition) is 5. The Labute approximate surface area is 190 Å². The molecule has 1 aliphatic rings. The Morgan fingerprint density at radius 3 is 2.81 bits per heavy atom. The van der Waals surface area contributed by atoms with Crippen molar-refractivity contribution >= 4 is 22.5 Å². The smallest absolute Gasteiger partial charge is 0.254 e. The lowest BCUT2D eigenvalue weighted by Crippen LogP contribution is -2.24. The van der Waals surface area contributed by atoms with Crippen molar-refractivity contribution in [2.24, 2.45) is 5.92 Å². The molecule has 4 heterocycles. The number of nitrogens with one attached hydrogen (secondary N) is 1. The Morgan fingerprint density at radius 2 is 2.06 bits per heavy atom. The number of aryl methyl sites for hydroxylation is 1. The van der Waals surface area contributed by atoms with Crippen LogP contribution in [0.15, 0.2) is 31.0 Å². The van der Waals surface area contributed by atoms with Crippen LogP contribution in [0.3, 0.4) is 0 Å². The van der Waals surface area contributed by atoms with Crippen LogP contribution in [0.25, 0.3) is 22.2 Å². The van der Waals surface area contributed by atoms with Crippen LogP contribution in [-0.2, 0) is 6.54 Å². The second kappa shape index (κ2) is 8.50. The minimum absolute atomic E-state index is 0.00142. The summed E-state index contributed by atoms with van der Waals surface area (Å²) in [5.74, 6) is 0.546. The molecule has 0 saturated heterocycles. The van der Waals surface area contributed by atoms with E-state index >= 15 is 4.39 Å². The summed E-state index contributed by atoms with van der Waals surface area (Å²) in [5, 5.41) is 0.934. The zero-order valence-electron chi connectivity index (χ0n) is 18.0. The summed E-state index contributed by atoms with van der Waals surface area (Å²) < 4.78 is 23.7. The molecule has 0 unspecified atom stereocenters. The lowest BCUT2D eigenvalue weighted by molar-refractivity contribution is 0.124. The molecule has 0 aliphatic heterocycles. The zero-order valence-corrected chi connectivity index (χ0v) is 18.7. The Kier molecular flexibility index (Phi) is 5.55. The van der Waals surface area contributed by atoms with Gasteiger partial charge in [0.25, 0.3) is 5.88 Å². The number of aromatic amines is 1. The number of hydrogen-bond donors (Lipinski definition) is 1. The molecule has 0 aromatic carbocycles. The van der Waals surface area contributed by atoms with Crippen LogP contribution in [0.4, 0.5) is 4.39 Å². The van der Waals surface area contributed by atoms with Crippen molar-refractivity contribution in [1.82, 2.24) is 29.5 Å². The fraction of sp³-hybridized carbons (Fsp3) is 0.391. The Bertz CT molecular complexity index is 1250. The average Bonchev–Trinajstić information content (AvgIpc) is 3.41. The molecule has 1 N–H and O–H groups in total. The molecule has 166 valence electrons. The van der Waals surface area contributed by atoms with Crippen LogP contribution in [0.2, 0.25) is 5.15 Å². The van der Waals surface area contributed by atoms with E-state index in [0.717, 1.165) is 36.9 Å². The standard InChI is InChI=1S/C23H24ClFN6O/c1-13-3-5-16(6-4-13)32-23-20(25)21(29-14(2)30-23)17-11-31(10-15-9-26-12-28-15)18-7-8-27-22(24)19(17)18/h7-9,11-13,16H,3-6,10H2,1-2H3,(H,26,28). The molecule has 5 rings (SSSR count). The van der Waals surface area contributed by atoms with Gasteiger partial charge in [-0.2, -0.15) is 9.37 Å². The molecule has 9 heteroatoms. The highest BCUT2D eigenvalue weighted by atomic mass is 35.5. The molecule has 4 aromatic heterocycles. The van der Waals surface area contributed by atoms with E-state index in [4.69, 9.17) is 16.3 Å². The van der Waals surface area contributed by atoms with Gasteiger partial charge in [0.2, 0.25) is 5.82 Å². The molecular weight excluding hydrogens is 431 g/mol. The van der Waals surface area contributed by atoms with Gasteiger partial charge in [0.1, 0.15) is 22.8 Å². The van der Waals surface area contributed by atoms with Gasteiger partial charge in [-0.25, -0.2) is 15.0 Å². The minimum Gasteiger partial charge on any atom is -0.472 e. The first kappa shape index (κ1) is 20.9. The SMILES string of the molecule is Cc1nc(OC2CCC(C)CC2)c(F)c(-c2cn(Cc3cnc[nH]3)c3ccnc(Cl)c23)n1. The number of pyridine rings is 1. The highest BCUT2D eigenvalue weighted by Gasteiger charge is 2.26. The number of halogens is 2. The van der Waals surface area contributed by atoms with Gasteiger partial charge in [0.05, 0.1) is 24.1 Å². The van der Waals surface area contributed by atoms with Crippen molar-refractivity contribution in [1.29, 1.82) is 0 Å². The Morgan fingerprint density at radius 1 is 1.25 bits per heavy atom. The second-order valence-corrected chi connectivity index (χ2v) is 8.84. The highest BCUT2D eigenvalue weighted by Crippen LogP contribution is 2.37. The van der Waals surface area contributed by atoms with Crippen molar-refractivity contribution in [2.45, 2.75) is 52.2 Å². The average molecular weight is 455 g/mol. The van der Waals surface area contributed by atoms with E-state index in [-0.39, 0.29) is 17.7 Å². The van der Waals surface area contributed by atoms with E-state index < -0.39 is 5.82 Å². The first-order valence-corrected chi connectivity index (χ1v) is 11.2. The van der Waals surface area contributed by atoms with Gasteiger partial charge in [0.15, 0.2) is 0 Å². The normalized spacial score (nSPS) is 18.9. The van der Waals surface area contributed by atoms with E-state index in [1.807, 2.05) is 16.8 Å². The number of aromatic nitrogens is 6. The van der Waals surface area contributed by atoms with Crippen molar-refractivity contribution in [3.63, 3.8) is 0 Å². The third kappa shape index (κ3) is 3.95. The van der Waals surface area contributed by atoms with Crippen LogP contribution in [0, 0.1) is 18.7 Å². The van der Waals surface area contributed by atoms with Crippen molar-refractivity contribution in [3.05, 3.63) is 53.5 Å². The Hall–Kier alpha value is -3.00. The van der Waals surface area contributed by atoms with Gasteiger partial charge in [-0.15, -0.1) is 0 Å². The number of imidazole rings is 1. The summed E-state index contributed by atoms with van der Waals surface area (Å²) >= 11 is 6.47. The molecule has 7 nitrogen and oxygen atoms in total. The van der Waals surface area contributed by atoms with Crippen molar-refractivity contribution in [2.75, 3.05) is 0 Å². The first-order chi connectivity index (χ1) is 15.5. The van der Waals surface area contributed by atoms with Gasteiger partial charge < -0.3 is 14.3 Å². The van der Waals surface area contributed by atoms with Gasteiger partial charge in [-0.05, 0) is 44.6 Å². The first-order valence-electron chi connectivity index (χ1n) is 10.8. The summed E-state index contributed by atoms with van der Waals surface area (Å²) in [7, 11) is 0. The summed E-state index contributed by atoms with van der Waals surface area (Å²) in [6, 6.07) is 1.85. The maximum absolute atomic E-state index is 15.7.